The summed E-state index contributed by atoms with van der Waals surface area (Å²) in [7, 11) is 0.788. The summed E-state index contributed by atoms with van der Waals surface area (Å²) in [6.45, 7) is 6.21. The molecule has 82 valence electrons. The van der Waals surface area contributed by atoms with Crippen molar-refractivity contribution in [1.29, 1.82) is 0 Å². The summed E-state index contributed by atoms with van der Waals surface area (Å²) in [5, 5.41) is 0. The molecule has 0 saturated carbocycles. The monoisotopic (exact) mass is 216 g/mol. The standard InChI is InChI=1S/C10H20O3Si/c1-2-9(13-14)5-3-4-6-11-7-10-8-12-10/h2,9-10H,1,3-8H2,14H3. The second-order valence-electron chi connectivity index (χ2n) is 3.54. The Hall–Kier alpha value is -0.163. The van der Waals surface area contributed by atoms with E-state index in [-0.39, 0.29) is 6.10 Å². The van der Waals surface area contributed by atoms with Gasteiger partial charge in [-0.05, 0) is 19.3 Å². The van der Waals surface area contributed by atoms with Gasteiger partial charge in [0.2, 0.25) is 0 Å². The lowest BCUT2D eigenvalue weighted by Gasteiger charge is -2.10. The Morgan fingerprint density at radius 3 is 2.93 bits per heavy atom. The summed E-state index contributed by atoms with van der Waals surface area (Å²) in [6.07, 6.45) is 5.84. The summed E-state index contributed by atoms with van der Waals surface area (Å²) in [4.78, 5) is 0. The molecule has 1 rings (SSSR count). The third-order valence-corrected chi connectivity index (χ3v) is 2.90. The van der Waals surface area contributed by atoms with Crippen LogP contribution < -0.4 is 0 Å². The van der Waals surface area contributed by atoms with Crippen molar-refractivity contribution in [2.75, 3.05) is 19.8 Å². The van der Waals surface area contributed by atoms with E-state index < -0.39 is 0 Å². The maximum Gasteiger partial charge on any atom is 0.146 e. The third kappa shape index (κ3) is 5.54. The maximum atomic E-state index is 5.42. The van der Waals surface area contributed by atoms with Gasteiger partial charge in [0.15, 0.2) is 0 Å². The maximum absolute atomic E-state index is 5.42. The van der Waals surface area contributed by atoms with Crippen LogP contribution in [0.4, 0.5) is 0 Å². The van der Waals surface area contributed by atoms with E-state index in [2.05, 4.69) is 6.58 Å². The van der Waals surface area contributed by atoms with Crippen molar-refractivity contribution >= 4 is 10.5 Å². The van der Waals surface area contributed by atoms with Crippen LogP contribution in [0.1, 0.15) is 19.3 Å². The summed E-state index contributed by atoms with van der Waals surface area (Å²) in [5.41, 5.74) is 0. The second kappa shape index (κ2) is 7.17. The molecule has 0 bridgehead atoms. The molecule has 0 aromatic carbocycles. The SMILES string of the molecule is C=CC(CCCCOCC1CO1)O[SiH3]. The molecule has 0 aromatic heterocycles. The molecule has 1 aliphatic rings. The van der Waals surface area contributed by atoms with Gasteiger partial charge < -0.3 is 13.9 Å². The van der Waals surface area contributed by atoms with Crippen LogP contribution in [0.15, 0.2) is 12.7 Å². The van der Waals surface area contributed by atoms with Gasteiger partial charge in [0.25, 0.3) is 0 Å². The van der Waals surface area contributed by atoms with Gasteiger partial charge in [-0.2, -0.15) is 0 Å². The highest BCUT2D eigenvalue weighted by atomic mass is 28.2. The summed E-state index contributed by atoms with van der Waals surface area (Å²) >= 11 is 0. The minimum Gasteiger partial charge on any atom is -0.422 e. The highest BCUT2D eigenvalue weighted by Gasteiger charge is 2.21. The van der Waals surface area contributed by atoms with Crippen LogP contribution in [0, 0.1) is 0 Å². The first-order valence-corrected chi connectivity index (χ1v) is 6.03. The Kier molecular flexibility index (Phi) is 6.10. The fourth-order valence-corrected chi connectivity index (χ4v) is 1.69. The van der Waals surface area contributed by atoms with Crippen molar-refractivity contribution in [3.8, 4) is 0 Å². The lowest BCUT2D eigenvalue weighted by Crippen LogP contribution is -2.08. The molecule has 1 saturated heterocycles. The lowest BCUT2D eigenvalue weighted by atomic mass is 10.1. The van der Waals surface area contributed by atoms with E-state index in [9.17, 15) is 0 Å². The molecule has 0 aliphatic carbocycles. The molecule has 0 spiro atoms. The molecule has 4 heteroatoms. The van der Waals surface area contributed by atoms with Gasteiger partial charge in [-0.15, -0.1) is 6.58 Å². The number of hydrogen-bond acceptors (Lipinski definition) is 3. The van der Waals surface area contributed by atoms with Crippen molar-refractivity contribution < 1.29 is 13.9 Å². The van der Waals surface area contributed by atoms with Crippen molar-refractivity contribution in [2.45, 2.75) is 31.5 Å². The van der Waals surface area contributed by atoms with Gasteiger partial charge in [-0.25, -0.2) is 0 Å². The molecule has 2 atom stereocenters. The molecular weight excluding hydrogens is 196 g/mol. The fraction of sp³-hybridized carbons (Fsp3) is 0.800. The largest absolute Gasteiger partial charge is 0.422 e. The minimum absolute atomic E-state index is 0.258. The number of ether oxygens (including phenoxy) is 2. The van der Waals surface area contributed by atoms with Crippen molar-refractivity contribution in [3.63, 3.8) is 0 Å². The molecule has 1 aliphatic heterocycles. The number of hydrogen-bond donors (Lipinski definition) is 0. The molecule has 3 nitrogen and oxygen atoms in total. The van der Waals surface area contributed by atoms with E-state index in [1.54, 1.807) is 0 Å². The van der Waals surface area contributed by atoms with Crippen LogP contribution in [0.5, 0.6) is 0 Å². The van der Waals surface area contributed by atoms with Crippen molar-refractivity contribution in [3.05, 3.63) is 12.7 Å². The fourth-order valence-electron chi connectivity index (χ4n) is 1.26. The highest BCUT2D eigenvalue weighted by Crippen LogP contribution is 2.09. The van der Waals surface area contributed by atoms with Gasteiger partial charge in [0.05, 0.1) is 19.3 Å². The Morgan fingerprint density at radius 2 is 2.36 bits per heavy atom. The normalized spacial score (nSPS) is 22.1. The predicted molar refractivity (Wildman–Crippen MR) is 59.4 cm³/mol. The summed E-state index contributed by atoms with van der Waals surface area (Å²) < 4.78 is 15.8. The first-order chi connectivity index (χ1) is 6.86. The molecule has 0 amide bonds. The zero-order chi connectivity index (χ0) is 10.2. The van der Waals surface area contributed by atoms with E-state index in [4.69, 9.17) is 13.9 Å². The smallest absolute Gasteiger partial charge is 0.146 e. The van der Waals surface area contributed by atoms with E-state index in [1.165, 1.54) is 0 Å². The summed E-state index contributed by atoms with van der Waals surface area (Å²) in [6, 6.07) is 0. The summed E-state index contributed by atoms with van der Waals surface area (Å²) in [5.74, 6) is 0. The molecule has 0 N–H and O–H groups in total. The van der Waals surface area contributed by atoms with Gasteiger partial charge >= 0.3 is 0 Å². The van der Waals surface area contributed by atoms with Crippen LogP contribution in [0.25, 0.3) is 0 Å². The quantitative estimate of drug-likeness (QED) is 0.242. The van der Waals surface area contributed by atoms with E-state index in [0.29, 0.717) is 6.10 Å². The van der Waals surface area contributed by atoms with Gasteiger partial charge in [-0.1, -0.05) is 6.08 Å². The Balaban J connectivity index is 1.80. The lowest BCUT2D eigenvalue weighted by molar-refractivity contribution is 0.111. The van der Waals surface area contributed by atoms with Crippen molar-refractivity contribution in [1.82, 2.24) is 0 Å². The molecule has 1 heterocycles. The van der Waals surface area contributed by atoms with Gasteiger partial charge in [-0.3, -0.25) is 0 Å². The van der Waals surface area contributed by atoms with Crippen LogP contribution in [0.3, 0.4) is 0 Å². The molecular formula is C10H20O3Si. The average Bonchev–Trinajstić information content (AvgIpc) is 3.01. The molecule has 1 fully saturated rings. The third-order valence-electron chi connectivity index (χ3n) is 2.30. The zero-order valence-electron chi connectivity index (χ0n) is 8.91. The van der Waals surface area contributed by atoms with Crippen LogP contribution in [-0.2, 0) is 13.9 Å². The Bertz CT molecular complexity index is 159. The number of epoxide rings is 1. The Labute approximate surface area is 89.0 Å². The minimum atomic E-state index is 0.258. The molecule has 0 aromatic rings. The number of unbranched alkanes of at least 4 members (excludes halogenated alkanes) is 1. The van der Waals surface area contributed by atoms with E-state index in [1.807, 2.05) is 6.08 Å². The van der Waals surface area contributed by atoms with Gasteiger partial charge in [0, 0.05) is 6.61 Å². The predicted octanol–water partition coefficient (Wildman–Crippen LogP) is 0.424. The van der Waals surface area contributed by atoms with E-state index in [0.717, 1.165) is 49.6 Å². The first-order valence-electron chi connectivity index (χ1n) is 5.21. The molecule has 0 radical (unpaired) electrons. The van der Waals surface area contributed by atoms with Gasteiger partial charge in [0.1, 0.15) is 16.6 Å². The molecule has 14 heavy (non-hydrogen) atoms. The second-order valence-corrected chi connectivity index (χ2v) is 4.01. The van der Waals surface area contributed by atoms with Crippen LogP contribution >= 0.6 is 0 Å². The molecule has 2 unspecified atom stereocenters. The van der Waals surface area contributed by atoms with E-state index >= 15 is 0 Å². The topological polar surface area (TPSA) is 31.0 Å². The number of rotatable bonds is 9. The first kappa shape index (κ1) is 11.9. The zero-order valence-corrected chi connectivity index (χ0v) is 10.9. The Morgan fingerprint density at radius 1 is 1.57 bits per heavy atom. The van der Waals surface area contributed by atoms with Crippen LogP contribution in [0.2, 0.25) is 0 Å². The highest BCUT2D eigenvalue weighted by molar-refractivity contribution is 5.98. The van der Waals surface area contributed by atoms with Crippen LogP contribution in [-0.4, -0.2) is 42.5 Å². The van der Waals surface area contributed by atoms with Crippen molar-refractivity contribution in [2.24, 2.45) is 0 Å². The average molecular weight is 216 g/mol.